The summed E-state index contributed by atoms with van der Waals surface area (Å²) in [5, 5.41) is 11.4. The largest absolute Gasteiger partial charge is 0.481 e. The quantitative estimate of drug-likeness (QED) is 0.800. The lowest BCUT2D eigenvalue weighted by atomic mass is 10.1. The van der Waals surface area contributed by atoms with Gasteiger partial charge in [0.15, 0.2) is 6.10 Å². The Kier molecular flexibility index (Phi) is 5.96. The highest BCUT2D eigenvalue weighted by molar-refractivity contribution is 5.81. The number of carboxylic acids is 1. The van der Waals surface area contributed by atoms with Crippen LogP contribution in [0, 0.1) is 11.7 Å². The fraction of sp³-hybridized carbons (Fsp3) is 0.429. The van der Waals surface area contributed by atoms with Crippen molar-refractivity contribution < 1.29 is 23.8 Å². The minimum atomic E-state index is -0.945. The van der Waals surface area contributed by atoms with Crippen molar-refractivity contribution in [3.05, 3.63) is 30.1 Å². The van der Waals surface area contributed by atoms with E-state index in [9.17, 15) is 14.0 Å². The van der Waals surface area contributed by atoms with Gasteiger partial charge in [-0.2, -0.15) is 0 Å². The number of hydrogen-bond acceptors (Lipinski definition) is 3. The van der Waals surface area contributed by atoms with Crippen molar-refractivity contribution in [2.75, 3.05) is 6.54 Å². The van der Waals surface area contributed by atoms with Gasteiger partial charge in [0.1, 0.15) is 11.6 Å². The average Bonchev–Trinajstić information content (AvgIpc) is 2.41. The fourth-order valence-corrected chi connectivity index (χ4v) is 1.54. The Labute approximate surface area is 116 Å². The minimum absolute atomic E-state index is 0.0573. The Morgan fingerprint density at radius 3 is 2.45 bits per heavy atom. The van der Waals surface area contributed by atoms with E-state index in [2.05, 4.69) is 5.32 Å². The summed E-state index contributed by atoms with van der Waals surface area (Å²) in [5.41, 5.74) is 0. The van der Waals surface area contributed by atoms with Crippen molar-refractivity contribution in [3.8, 4) is 5.75 Å². The number of nitrogens with one attached hydrogen (secondary N) is 1. The van der Waals surface area contributed by atoms with Gasteiger partial charge in [-0.25, -0.2) is 4.39 Å². The molecule has 20 heavy (non-hydrogen) atoms. The van der Waals surface area contributed by atoms with Crippen LogP contribution in [-0.4, -0.2) is 29.6 Å². The lowest BCUT2D eigenvalue weighted by Crippen LogP contribution is -2.40. The molecule has 110 valence electrons. The summed E-state index contributed by atoms with van der Waals surface area (Å²) < 4.78 is 18.0. The molecule has 0 saturated heterocycles. The number of rotatable bonds is 7. The number of aliphatic carboxylic acids is 1. The van der Waals surface area contributed by atoms with Crippen LogP contribution < -0.4 is 10.1 Å². The molecule has 0 heterocycles. The molecule has 0 aliphatic rings. The summed E-state index contributed by atoms with van der Waals surface area (Å²) in [7, 11) is 0. The van der Waals surface area contributed by atoms with E-state index in [1.807, 2.05) is 0 Å². The van der Waals surface area contributed by atoms with Gasteiger partial charge in [-0.3, -0.25) is 9.59 Å². The van der Waals surface area contributed by atoms with Crippen molar-refractivity contribution in [2.24, 2.45) is 5.92 Å². The maximum atomic E-state index is 12.7. The Morgan fingerprint density at radius 2 is 1.95 bits per heavy atom. The third-order valence-corrected chi connectivity index (χ3v) is 2.86. The van der Waals surface area contributed by atoms with Crippen LogP contribution in [0.15, 0.2) is 24.3 Å². The Bertz CT molecular complexity index is 461. The SMILES string of the molecule is CCC(CNC(=O)C(C)Oc1ccc(F)cc1)C(=O)O. The molecule has 6 heteroatoms. The molecule has 1 aromatic carbocycles. The summed E-state index contributed by atoms with van der Waals surface area (Å²) >= 11 is 0. The second kappa shape index (κ2) is 7.47. The molecule has 0 radical (unpaired) electrons. The smallest absolute Gasteiger partial charge is 0.308 e. The van der Waals surface area contributed by atoms with Crippen molar-refractivity contribution >= 4 is 11.9 Å². The van der Waals surface area contributed by atoms with Crippen LogP contribution in [0.2, 0.25) is 0 Å². The second-order valence-corrected chi connectivity index (χ2v) is 4.40. The maximum absolute atomic E-state index is 12.7. The molecule has 2 N–H and O–H groups in total. The molecule has 0 aliphatic carbocycles. The summed E-state index contributed by atoms with van der Waals surface area (Å²) in [6.07, 6.45) is -0.352. The van der Waals surface area contributed by atoms with E-state index >= 15 is 0 Å². The van der Waals surface area contributed by atoms with Crippen molar-refractivity contribution in [1.29, 1.82) is 0 Å². The van der Waals surface area contributed by atoms with Crippen molar-refractivity contribution in [2.45, 2.75) is 26.4 Å². The van der Waals surface area contributed by atoms with Crippen LogP contribution in [0.1, 0.15) is 20.3 Å². The van der Waals surface area contributed by atoms with Crippen LogP contribution in [0.3, 0.4) is 0 Å². The van der Waals surface area contributed by atoms with E-state index in [1.54, 1.807) is 13.8 Å². The summed E-state index contributed by atoms with van der Waals surface area (Å²) in [6, 6.07) is 5.31. The first kappa shape index (κ1) is 15.9. The highest BCUT2D eigenvalue weighted by Crippen LogP contribution is 2.13. The number of amides is 1. The zero-order valence-corrected chi connectivity index (χ0v) is 11.4. The second-order valence-electron chi connectivity index (χ2n) is 4.40. The number of halogens is 1. The number of carbonyl (C=O) groups excluding carboxylic acids is 1. The van der Waals surface area contributed by atoms with Crippen LogP contribution in [-0.2, 0) is 9.59 Å². The lowest BCUT2D eigenvalue weighted by Gasteiger charge is -2.16. The van der Waals surface area contributed by atoms with Crippen LogP contribution in [0.25, 0.3) is 0 Å². The first-order chi connectivity index (χ1) is 9.43. The summed E-state index contributed by atoms with van der Waals surface area (Å²) in [5.74, 6) is -1.98. The van der Waals surface area contributed by atoms with Gasteiger partial charge in [-0.15, -0.1) is 0 Å². The van der Waals surface area contributed by atoms with Crippen LogP contribution in [0.4, 0.5) is 4.39 Å². The van der Waals surface area contributed by atoms with Crippen LogP contribution in [0.5, 0.6) is 5.75 Å². The molecule has 1 amide bonds. The zero-order valence-electron chi connectivity index (χ0n) is 11.4. The van der Waals surface area contributed by atoms with E-state index in [1.165, 1.54) is 24.3 Å². The first-order valence-corrected chi connectivity index (χ1v) is 6.36. The van der Waals surface area contributed by atoms with Gasteiger partial charge in [0.2, 0.25) is 0 Å². The number of carbonyl (C=O) groups is 2. The Morgan fingerprint density at radius 1 is 1.35 bits per heavy atom. The highest BCUT2D eigenvalue weighted by Gasteiger charge is 2.19. The highest BCUT2D eigenvalue weighted by atomic mass is 19.1. The summed E-state index contributed by atoms with van der Waals surface area (Å²) in [4.78, 5) is 22.6. The lowest BCUT2D eigenvalue weighted by molar-refractivity contribution is -0.141. The molecular formula is C14H18FNO4. The molecule has 0 aliphatic heterocycles. The van der Waals surface area contributed by atoms with E-state index in [-0.39, 0.29) is 12.4 Å². The van der Waals surface area contributed by atoms with E-state index in [4.69, 9.17) is 9.84 Å². The van der Waals surface area contributed by atoms with Gasteiger partial charge in [-0.1, -0.05) is 6.92 Å². The average molecular weight is 283 g/mol. The van der Waals surface area contributed by atoms with Crippen molar-refractivity contribution in [3.63, 3.8) is 0 Å². The summed E-state index contributed by atoms with van der Waals surface area (Å²) in [6.45, 7) is 3.34. The fourth-order valence-electron chi connectivity index (χ4n) is 1.54. The zero-order chi connectivity index (χ0) is 15.1. The van der Waals surface area contributed by atoms with E-state index < -0.39 is 23.9 Å². The molecule has 2 atom stereocenters. The number of ether oxygens (including phenoxy) is 1. The molecule has 2 unspecified atom stereocenters. The van der Waals surface area contributed by atoms with Gasteiger partial charge >= 0.3 is 5.97 Å². The molecule has 5 nitrogen and oxygen atoms in total. The number of carboxylic acid groups (broad SMARTS) is 1. The monoisotopic (exact) mass is 283 g/mol. The number of benzene rings is 1. The van der Waals surface area contributed by atoms with E-state index in [0.717, 1.165) is 0 Å². The van der Waals surface area contributed by atoms with Gasteiger partial charge < -0.3 is 15.2 Å². The topological polar surface area (TPSA) is 75.6 Å². The van der Waals surface area contributed by atoms with Crippen molar-refractivity contribution in [1.82, 2.24) is 5.32 Å². The van der Waals surface area contributed by atoms with Gasteiger partial charge in [0.05, 0.1) is 5.92 Å². The predicted molar refractivity (Wildman–Crippen MR) is 70.9 cm³/mol. The predicted octanol–water partition coefficient (Wildman–Crippen LogP) is 1.82. The van der Waals surface area contributed by atoms with Gasteiger partial charge in [0.25, 0.3) is 5.91 Å². The van der Waals surface area contributed by atoms with Gasteiger partial charge in [-0.05, 0) is 37.6 Å². The first-order valence-electron chi connectivity index (χ1n) is 6.36. The molecule has 0 bridgehead atoms. The molecule has 1 rings (SSSR count). The van der Waals surface area contributed by atoms with Crippen LogP contribution >= 0.6 is 0 Å². The molecule has 1 aromatic rings. The van der Waals surface area contributed by atoms with Gasteiger partial charge in [0, 0.05) is 6.54 Å². The Balaban J connectivity index is 2.46. The molecule has 0 aromatic heterocycles. The number of hydrogen-bond donors (Lipinski definition) is 2. The third kappa shape index (κ3) is 4.87. The molecule has 0 saturated carbocycles. The maximum Gasteiger partial charge on any atom is 0.308 e. The standard InChI is InChI=1S/C14H18FNO4/c1-3-10(14(18)19)8-16-13(17)9(2)20-12-6-4-11(15)5-7-12/h4-7,9-10H,3,8H2,1-2H3,(H,16,17)(H,18,19). The molecule has 0 spiro atoms. The Hall–Kier alpha value is -2.11. The molecular weight excluding hydrogens is 265 g/mol. The molecule has 0 fully saturated rings. The normalized spacial score (nSPS) is 13.3. The third-order valence-electron chi connectivity index (χ3n) is 2.86. The van der Waals surface area contributed by atoms with E-state index in [0.29, 0.717) is 12.2 Å². The minimum Gasteiger partial charge on any atom is -0.481 e.